The lowest BCUT2D eigenvalue weighted by atomic mass is 10.1. The maximum atomic E-state index is 12.2. The first-order valence-electron chi connectivity index (χ1n) is 8.67. The molecule has 2 N–H and O–H groups in total. The Balaban J connectivity index is 1.58. The van der Waals surface area contributed by atoms with Gasteiger partial charge in [0.25, 0.3) is 17.5 Å². The minimum Gasteiger partial charge on any atom is -0.322 e. The van der Waals surface area contributed by atoms with E-state index in [1.807, 2.05) is 0 Å². The van der Waals surface area contributed by atoms with Crippen molar-refractivity contribution in [1.82, 2.24) is 5.43 Å². The smallest absolute Gasteiger partial charge is 0.271 e. The lowest BCUT2D eigenvalue weighted by molar-refractivity contribution is -0.384. The van der Waals surface area contributed by atoms with Crippen molar-refractivity contribution < 1.29 is 14.5 Å². The van der Waals surface area contributed by atoms with Gasteiger partial charge in [-0.3, -0.25) is 19.7 Å². The number of carbonyl (C=O) groups excluding carboxylic acids is 2. The number of amides is 2. The minimum absolute atomic E-state index is 0.0680. The third-order valence-electron chi connectivity index (χ3n) is 3.97. The maximum absolute atomic E-state index is 12.2. The molecule has 8 nitrogen and oxygen atoms in total. The van der Waals surface area contributed by atoms with Crippen LogP contribution in [-0.4, -0.2) is 23.0 Å². The average Bonchev–Trinajstić information content (AvgIpc) is 2.75. The summed E-state index contributed by atoms with van der Waals surface area (Å²) in [6.07, 6.45) is 1.31. The summed E-state index contributed by atoms with van der Waals surface area (Å²) < 4.78 is 0. The van der Waals surface area contributed by atoms with Gasteiger partial charge in [-0.1, -0.05) is 23.7 Å². The number of nitro groups is 1. The number of rotatable bonds is 6. The van der Waals surface area contributed by atoms with Crippen molar-refractivity contribution in [3.63, 3.8) is 0 Å². The van der Waals surface area contributed by atoms with Gasteiger partial charge in [0, 0.05) is 39.5 Å². The van der Waals surface area contributed by atoms with Crippen molar-refractivity contribution in [3.8, 4) is 0 Å². The van der Waals surface area contributed by atoms with Crippen LogP contribution in [0.15, 0.2) is 77.9 Å². The van der Waals surface area contributed by atoms with Crippen LogP contribution in [0.4, 0.5) is 11.4 Å². The minimum atomic E-state index is -0.511. The van der Waals surface area contributed by atoms with Crippen molar-refractivity contribution >= 4 is 41.0 Å². The molecule has 0 atom stereocenters. The molecule has 2 amide bonds. The van der Waals surface area contributed by atoms with Gasteiger partial charge in [0.05, 0.1) is 11.1 Å². The van der Waals surface area contributed by atoms with Crippen molar-refractivity contribution in [1.29, 1.82) is 0 Å². The molecular weight excluding hydrogens is 408 g/mol. The highest BCUT2D eigenvalue weighted by Crippen LogP contribution is 2.14. The van der Waals surface area contributed by atoms with Crippen LogP contribution in [0.2, 0.25) is 5.02 Å². The average molecular weight is 423 g/mol. The quantitative estimate of drug-likeness (QED) is 0.351. The first-order valence-corrected chi connectivity index (χ1v) is 9.05. The number of non-ortho nitro benzene ring substituents is 1. The van der Waals surface area contributed by atoms with Gasteiger partial charge >= 0.3 is 0 Å². The van der Waals surface area contributed by atoms with E-state index < -0.39 is 10.8 Å². The highest BCUT2D eigenvalue weighted by molar-refractivity contribution is 6.30. The molecule has 0 bridgehead atoms. The number of hydrazone groups is 1. The van der Waals surface area contributed by atoms with Crippen LogP contribution in [-0.2, 0) is 0 Å². The Bertz CT molecular complexity index is 1110. The monoisotopic (exact) mass is 422 g/mol. The van der Waals surface area contributed by atoms with Crippen molar-refractivity contribution in [2.24, 2.45) is 5.10 Å². The number of halogens is 1. The molecule has 30 heavy (non-hydrogen) atoms. The zero-order valence-electron chi connectivity index (χ0n) is 15.4. The molecule has 150 valence electrons. The third kappa shape index (κ3) is 5.49. The van der Waals surface area contributed by atoms with E-state index in [0.717, 1.165) is 0 Å². The summed E-state index contributed by atoms with van der Waals surface area (Å²) in [6.45, 7) is 0. The van der Waals surface area contributed by atoms with E-state index in [0.29, 0.717) is 27.4 Å². The van der Waals surface area contributed by atoms with Crippen LogP contribution in [0.25, 0.3) is 0 Å². The topological polar surface area (TPSA) is 114 Å². The van der Waals surface area contributed by atoms with Gasteiger partial charge in [-0.2, -0.15) is 5.10 Å². The predicted molar refractivity (Wildman–Crippen MR) is 114 cm³/mol. The van der Waals surface area contributed by atoms with E-state index in [-0.39, 0.29) is 11.6 Å². The van der Waals surface area contributed by atoms with Gasteiger partial charge in [-0.05, 0) is 48.5 Å². The number of anilines is 1. The van der Waals surface area contributed by atoms with E-state index in [1.165, 1.54) is 36.5 Å². The summed E-state index contributed by atoms with van der Waals surface area (Å²) in [6, 6.07) is 18.6. The molecule has 3 aromatic rings. The van der Waals surface area contributed by atoms with Crippen LogP contribution in [0.5, 0.6) is 0 Å². The van der Waals surface area contributed by atoms with E-state index in [1.54, 1.807) is 42.5 Å². The van der Waals surface area contributed by atoms with Gasteiger partial charge < -0.3 is 5.32 Å². The number of nitrogens with one attached hydrogen (secondary N) is 2. The normalized spacial score (nSPS) is 10.6. The second kappa shape index (κ2) is 9.44. The molecule has 0 aromatic heterocycles. The summed E-state index contributed by atoms with van der Waals surface area (Å²) in [5.41, 5.74) is 4.06. The molecule has 0 aliphatic heterocycles. The van der Waals surface area contributed by atoms with E-state index in [4.69, 9.17) is 11.6 Å². The Kier molecular flexibility index (Phi) is 6.51. The lowest BCUT2D eigenvalue weighted by Crippen LogP contribution is -2.17. The fraction of sp³-hybridized carbons (Fsp3) is 0. The van der Waals surface area contributed by atoms with Gasteiger partial charge in [-0.25, -0.2) is 5.43 Å². The molecule has 0 fully saturated rings. The number of nitrogens with zero attached hydrogens (tertiary/aromatic N) is 2. The standard InChI is InChI=1S/C21H15ClN4O4/c22-17-8-4-15(5-9-17)20(27)24-18-10-6-16(7-11-18)21(28)25-23-13-14-2-1-3-19(12-14)26(29)30/h1-13H,(H,24,27)(H,25,28)/b23-13+. The van der Waals surface area contributed by atoms with E-state index in [2.05, 4.69) is 15.8 Å². The lowest BCUT2D eigenvalue weighted by Gasteiger charge is -2.06. The first kappa shape index (κ1) is 20.7. The van der Waals surface area contributed by atoms with Crippen LogP contribution < -0.4 is 10.7 Å². The van der Waals surface area contributed by atoms with Crippen LogP contribution >= 0.6 is 11.6 Å². The molecular formula is C21H15ClN4O4. The summed E-state index contributed by atoms with van der Waals surface area (Å²) >= 11 is 5.81. The second-order valence-electron chi connectivity index (χ2n) is 6.09. The molecule has 0 saturated heterocycles. The molecule has 3 aromatic carbocycles. The number of hydrogen-bond acceptors (Lipinski definition) is 5. The fourth-order valence-corrected chi connectivity index (χ4v) is 2.58. The number of nitro benzene ring substituents is 1. The molecule has 0 heterocycles. The van der Waals surface area contributed by atoms with Crippen molar-refractivity contribution in [2.45, 2.75) is 0 Å². The van der Waals surface area contributed by atoms with Gasteiger partial charge in [0.2, 0.25) is 0 Å². The predicted octanol–water partition coefficient (Wildman–Crippen LogP) is 4.26. The number of benzene rings is 3. The number of hydrogen-bond donors (Lipinski definition) is 2. The third-order valence-corrected chi connectivity index (χ3v) is 4.22. The second-order valence-corrected chi connectivity index (χ2v) is 6.53. The van der Waals surface area contributed by atoms with Crippen LogP contribution in [0.3, 0.4) is 0 Å². The summed E-state index contributed by atoms with van der Waals surface area (Å²) in [7, 11) is 0. The number of carbonyl (C=O) groups is 2. The highest BCUT2D eigenvalue weighted by atomic mass is 35.5. The first-order chi connectivity index (χ1) is 14.4. The SMILES string of the molecule is O=C(N/N=C/c1cccc([N+](=O)[O-])c1)c1ccc(NC(=O)c2ccc(Cl)cc2)cc1. The van der Waals surface area contributed by atoms with E-state index in [9.17, 15) is 19.7 Å². The molecule has 0 aliphatic rings. The van der Waals surface area contributed by atoms with Crippen molar-refractivity contribution in [2.75, 3.05) is 5.32 Å². The maximum Gasteiger partial charge on any atom is 0.271 e. The highest BCUT2D eigenvalue weighted by Gasteiger charge is 2.08. The largest absolute Gasteiger partial charge is 0.322 e. The Labute approximate surface area is 176 Å². The zero-order valence-corrected chi connectivity index (χ0v) is 16.2. The Morgan fingerprint density at radius 3 is 2.23 bits per heavy atom. The molecule has 9 heteroatoms. The van der Waals surface area contributed by atoms with Crippen LogP contribution in [0.1, 0.15) is 26.3 Å². The molecule has 0 unspecified atom stereocenters. The molecule has 3 rings (SSSR count). The van der Waals surface area contributed by atoms with Gasteiger partial charge in [0.15, 0.2) is 0 Å². The van der Waals surface area contributed by atoms with Gasteiger partial charge in [0.1, 0.15) is 0 Å². The van der Waals surface area contributed by atoms with Gasteiger partial charge in [-0.15, -0.1) is 0 Å². The fourth-order valence-electron chi connectivity index (χ4n) is 2.46. The Hall–Kier alpha value is -4.04. The Morgan fingerprint density at radius 1 is 0.933 bits per heavy atom. The molecule has 0 radical (unpaired) electrons. The summed E-state index contributed by atoms with van der Waals surface area (Å²) in [5, 5.41) is 17.8. The molecule has 0 saturated carbocycles. The van der Waals surface area contributed by atoms with Crippen LogP contribution in [0, 0.1) is 10.1 Å². The molecule has 0 spiro atoms. The van der Waals surface area contributed by atoms with E-state index >= 15 is 0 Å². The summed E-state index contributed by atoms with van der Waals surface area (Å²) in [4.78, 5) is 34.6. The summed E-state index contributed by atoms with van der Waals surface area (Å²) in [5.74, 6) is -0.766. The van der Waals surface area contributed by atoms with Crippen molar-refractivity contribution in [3.05, 3.63) is 105 Å². The molecule has 0 aliphatic carbocycles. The zero-order chi connectivity index (χ0) is 21.5. The Morgan fingerprint density at radius 2 is 1.57 bits per heavy atom.